The second kappa shape index (κ2) is 4.65. The number of benzene rings is 1. The van der Waals surface area contributed by atoms with Gasteiger partial charge in [0.25, 0.3) is 0 Å². The lowest BCUT2D eigenvalue weighted by Gasteiger charge is -2.04. The molecule has 0 spiro atoms. The van der Waals surface area contributed by atoms with Crippen LogP contribution in [0, 0.1) is 6.92 Å². The molecule has 1 fully saturated rings. The number of fused-ring (bicyclic) bond motifs is 1. The molecule has 0 bridgehead atoms. The van der Waals surface area contributed by atoms with Gasteiger partial charge in [-0.15, -0.1) is 0 Å². The quantitative estimate of drug-likeness (QED) is 0.682. The van der Waals surface area contributed by atoms with Gasteiger partial charge in [0.15, 0.2) is 0 Å². The standard InChI is InChI=1S/C13H13N.C2H6/c1-9-8-13(10-6-7-10)14-12-5-3-2-4-11(9)12;1-2/h2-5,8,10H,6-7H2,1H3;1-2H3. The van der Waals surface area contributed by atoms with Crippen molar-refractivity contribution in [2.75, 3.05) is 0 Å². The van der Waals surface area contributed by atoms with E-state index in [9.17, 15) is 0 Å². The van der Waals surface area contributed by atoms with Gasteiger partial charge < -0.3 is 0 Å². The second-order valence-corrected chi connectivity index (χ2v) is 4.16. The fraction of sp³-hybridized carbons (Fsp3) is 0.400. The minimum atomic E-state index is 0.748. The SMILES string of the molecule is CC.Cc1cc(C2CC2)nc2ccccc12. The lowest BCUT2D eigenvalue weighted by molar-refractivity contribution is 1.04. The molecule has 0 N–H and O–H groups in total. The first-order valence-electron chi connectivity index (χ1n) is 6.21. The van der Waals surface area contributed by atoms with Gasteiger partial charge in [0.1, 0.15) is 0 Å². The van der Waals surface area contributed by atoms with Crippen molar-refractivity contribution in [2.24, 2.45) is 0 Å². The van der Waals surface area contributed by atoms with Gasteiger partial charge in [0, 0.05) is 17.0 Å². The second-order valence-electron chi connectivity index (χ2n) is 4.16. The monoisotopic (exact) mass is 213 g/mol. The van der Waals surface area contributed by atoms with Crippen LogP contribution in [-0.2, 0) is 0 Å². The summed E-state index contributed by atoms with van der Waals surface area (Å²) in [7, 11) is 0. The van der Waals surface area contributed by atoms with Gasteiger partial charge in [0.2, 0.25) is 0 Å². The molecule has 1 nitrogen and oxygen atoms in total. The van der Waals surface area contributed by atoms with Crippen molar-refractivity contribution >= 4 is 10.9 Å². The molecule has 1 heteroatoms. The number of hydrogen-bond acceptors (Lipinski definition) is 1. The summed E-state index contributed by atoms with van der Waals surface area (Å²) in [6, 6.07) is 10.6. The van der Waals surface area contributed by atoms with Crippen LogP contribution in [0.3, 0.4) is 0 Å². The lowest BCUT2D eigenvalue weighted by Crippen LogP contribution is -1.90. The molecule has 16 heavy (non-hydrogen) atoms. The van der Waals surface area contributed by atoms with E-state index in [1.165, 1.54) is 29.5 Å². The van der Waals surface area contributed by atoms with Crippen molar-refractivity contribution in [2.45, 2.75) is 39.5 Å². The maximum Gasteiger partial charge on any atom is 0.0708 e. The van der Waals surface area contributed by atoms with E-state index in [2.05, 4.69) is 37.3 Å². The van der Waals surface area contributed by atoms with Crippen molar-refractivity contribution in [3.8, 4) is 0 Å². The highest BCUT2D eigenvalue weighted by Gasteiger charge is 2.25. The predicted molar refractivity (Wildman–Crippen MR) is 69.8 cm³/mol. The molecule has 1 aromatic carbocycles. The highest BCUT2D eigenvalue weighted by atomic mass is 14.7. The van der Waals surface area contributed by atoms with Crippen LogP contribution in [0.5, 0.6) is 0 Å². The fourth-order valence-corrected chi connectivity index (χ4v) is 1.96. The van der Waals surface area contributed by atoms with Crippen LogP contribution >= 0.6 is 0 Å². The van der Waals surface area contributed by atoms with Crippen LogP contribution in [0.4, 0.5) is 0 Å². The third-order valence-electron chi connectivity index (χ3n) is 2.94. The number of para-hydroxylation sites is 1. The van der Waals surface area contributed by atoms with Crippen molar-refractivity contribution in [1.29, 1.82) is 0 Å². The maximum absolute atomic E-state index is 4.70. The third-order valence-corrected chi connectivity index (χ3v) is 2.94. The topological polar surface area (TPSA) is 12.9 Å². The summed E-state index contributed by atoms with van der Waals surface area (Å²) in [5.41, 5.74) is 3.80. The molecule has 3 rings (SSSR count). The van der Waals surface area contributed by atoms with Crippen LogP contribution < -0.4 is 0 Å². The Bertz CT molecular complexity index is 484. The first-order valence-corrected chi connectivity index (χ1v) is 6.21. The Balaban J connectivity index is 0.000000457. The van der Waals surface area contributed by atoms with Gasteiger partial charge in [-0.1, -0.05) is 32.0 Å². The molecule has 1 aliphatic carbocycles. The Labute approximate surface area is 97.5 Å². The van der Waals surface area contributed by atoms with Crippen molar-refractivity contribution in [1.82, 2.24) is 4.98 Å². The van der Waals surface area contributed by atoms with E-state index < -0.39 is 0 Å². The molecule has 1 aromatic heterocycles. The smallest absolute Gasteiger partial charge is 0.0708 e. The average Bonchev–Trinajstić information content (AvgIpc) is 3.16. The van der Waals surface area contributed by atoms with Crippen LogP contribution in [-0.4, -0.2) is 4.98 Å². The van der Waals surface area contributed by atoms with E-state index in [0.717, 1.165) is 11.4 Å². The maximum atomic E-state index is 4.70. The van der Waals surface area contributed by atoms with Crippen LogP contribution in [0.1, 0.15) is 43.9 Å². The molecule has 0 aliphatic heterocycles. The van der Waals surface area contributed by atoms with E-state index in [-0.39, 0.29) is 0 Å². The molecule has 0 radical (unpaired) electrons. The summed E-state index contributed by atoms with van der Waals surface area (Å²) in [5, 5.41) is 1.29. The Kier molecular flexibility index (Phi) is 3.23. The molecule has 0 unspecified atom stereocenters. The first kappa shape index (κ1) is 11.1. The van der Waals surface area contributed by atoms with Crippen molar-refractivity contribution in [3.63, 3.8) is 0 Å². The van der Waals surface area contributed by atoms with Crippen LogP contribution in [0.2, 0.25) is 0 Å². The fourth-order valence-electron chi connectivity index (χ4n) is 1.96. The average molecular weight is 213 g/mol. The minimum absolute atomic E-state index is 0.748. The summed E-state index contributed by atoms with van der Waals surface area (Å²) in [4.78, 5) is 4.70. The number of hydrogen-bond donors (Lipinski definition) is 0. The Hall–Kier alpha value is -1.37. The number of rotatable bonds is 1. The first-order chi connectivity index (χ1) is 7.84. The molecule has 1 saturated carbocycles. The predicted octanol–water partition coefficient (Wildman–Crippen LogP) is 4.45. The largest absolute Gasteiger partial charge is 0.253 e. The van der Waals surface area contributed by atoms with Crippen molar-refractivity contribution < 1.29 is 0 Å². The zero-order chi connectivity index (χ0) is 11.5. The lowest BCUT2D eigenvalue weighted by atomic mass is 10.1. The summed E-state index contributed by atoms with van der Waals surface area (Å²) in [6.07, 6.45) is 2.65. The van der Waals surface area contributed by atoms with Crippen molar-refractivity contribution in [3.05, 3.63) is 41.6 Å². The Morgan fingerprint density at radius 1 is 1.12 bits per heavy atom. The number of pyridine rings is 1. The normalized spacial score (nSPS) is 14.4. The van der Waals surface area contributed by atoms with Crippen LogP contribution in [0.15, 0.2) is 30.3 Å². The highest BCUT2D eigenvalue weighted by molar-refractivity contribution is 5.82. The van der Waals surface area contributed by atoms with E-state index in [1.54, 1.807) is 0 Å². The number of aryl methyl sites for hydroxylation is 1. The molecule has 0 atom stereocenters. The van der Waals surface area contributed by atoms with Gasteiger partial charge in [-0.05, 0) is 37.5 Å². The van der Waals surface area contributed by atoms with E-state index in [0.29, 0.717) is 0 Å². The molecule has 84 valence electrons. The highest BCUT2D eigenvalue weighted by Crippen LogP contribution is 2.39. The van der Waals surface area contributed by atoms with Gasteiger partial charge >= 0.3 is 0 Å². The summed E-state index contributed by atoms with van der Waals surface area (Å²) in [6.45, 7) is 6.18. The molecule has 2 aromatic rings. The summed E-state index contributed by atoms with van der Waals surface area (Å²) < 4.78 is 0. The molecule has 1 heterocycles. The molecule has 1 aliphatic rings. The zero-order valence-corrected chi connectivity index (χ0v) is 10.3. The van der Waals surface area contributed by atoms with E-state index in [4.69, 9.17) is 4.98 Å². The zero-order valence-electron chi connectivity index (χ0n) is 10.3. The minimum Gasteiger partial charge on any atom is -0.253 e. The Morgan fingerprint density at radius 2 is 1.81 bits per heavy atom. The number of nitrogens with zero attached hydrogens (tertiary/aromatic N) is 1. The summed E-state index contributed by atoms with van der Waals surface area (Å²) >= 11 is 0. The third kappa shape index (κ3) is 2.08. The number of aromatic nitrogens is 1. The van der Waals surface area contributed by atoms with E-state index in [1.807, 2.05) is 13.8 Å². The molecule has 0 amide bonds. The van der Waals surface area contributed by atoms with Gasteiger partial charge in [-0.25, -0.2) is 0 Å². The summed E-state index contributed by atoms with van der Waals surface area (Å²) in [5.74, 6) is 0.748. The molecular formula is C15H19N. The van der Waals surface area contributed by atoms with Gasteiger partial charge in [-0.3, -0.25) is 4.98 Å². The van der Waals surface area contributed by atoms with Gasteiger partial charge in [-0.2, -0.15) is 0 Å². The Morgan fingerprint density at radius 3 is 2.50 bits per heavy atom. The molecule has 0 saturated heterocycles. The molecular weight excluding hydrogens is 194 g/mol. The van der Waals surface area contributed by atoms with Gasteiger partial charge in [0.05, 0.1) is 5.52 Å². The van der Waals surface area contributed by atoms with E-state index >= 15 is 0 Å². The van der Waals surface area contributed by atoms with Crippen LogP contribution in [0.25, 0.3) is 10.9 Å².